The molecule has 1 aromatic rings. The van der Waals surface area contributed by atoms with Crippen molar-refractivity contribution in [1.29, 1.82) is 0 Å². The largest absolute Gasteiger partial charge is 0.484 e. The molecule has 0 unspecified atom stereocenters. The Morgan fingerprint density at radius 3 is 1.80 bits per heavy atom. The van der Waals surface area contributed by atoms with E-state index in [2.05, 4.69) is 77.9 Å². The van der Waals surface area contributed by atoms with Crippen LogP contribution in [0.25, 0.3) is 0 Å². The molecule has 1 heterocycles. The summed E-state index contributed by atoms with van der Waals surface area (Å²) in [6.07, 6.45) is 14.6. The molecule has 0 aliphatic heterocycles. The predicted octanol–water partition coefficient (Wildman–Crippen LogP) is 5.33. The molecule has 1 nitrogen and oxygen atoms in total. The second-order valence-electron chi connectivity index (χ2n) is 4.32. The van der Waals surface area contributed by atoms with Gasteiger partial charge in [-0.15, -0.1) is 37.4 Å². The first-order valence-electron chi connectivity index (χ1n) is 5.96. The summed E-state index contributed by atoms with van der Waals surface area (Å²) in [5, 5.41) is 0. The number of H-pyrrole nitrogens is 1. The van der Waals surface area contributed by atoms with E-state index in [9.17, 15) is 0 Å². The maximum Gasteiger partial charge on any atom is -0.108 e. The molecule has 2 rings (SSSR count). The van der Waals surface area contributed by atoms with E-state index in [0.29, 0.717) is 0 Å². The van der Waals surface area contributed by atoms with Crippen molar-refractivity contribution in [2.24, 2.45) is 0 Å². The Morgan fingerprint density at radius 1 is 1.20 bits per heavy atom. The number of halogens is 2. The Hall–Kier alpha value is -0.0757. The standard InChI is InChI=1S/C5H5.C4H4N.C4H9.C3H6.2ClH.Ti/c2*1-2-4-5-3-1;1-4(2)3;1-3-2;;;/h1-3H,4H2;1-3,5H;1-3H3;1-2H3;2*1H;/q3*-1;;;;. The van der Waals surface area contributed by atoms with E-state index in [1.807, 2.05) is 30.5 Å². The van der Waals surface area contributed by atoms with Crippen LogP contribution in [0.1, 0.15) is 41.0 Å². The molecule has 1 aromatic heterocycles. The van der Waals surface area contributed by atoms with Gasteiger partial charge in [0.25, 0.3) is 0 Å². The quantitative estimate of drug-likeness (QED) is 0.480. The van der Waals surface area contributed by atoms with E-state index >= 15 is 0 Å². The molecule has 0 fully saturated rings. The molecule has 1 aliphatic rings. The number of allylic oxidation sites excluding steroid dienone is 4. The second kappa shape index (κ2) is 24.0. The van der Waals surface area contributed by atoms with Gasteiger partial charge in [-0.05, 0) is 0 Å². The first kappa shape index (κ1) is 28.1. The zero-order chi connectivity index (χ0) is 14.2. The van der Waals surface area contributed by atoms with Gasteiger partial charge in [0, 0.05) is 0 Å². The van der Waals surface area contributed by atoms with Gasteiger partial charge in [0.15, 0.2) is 0 Å². The molecule has 0 saturated heterocycles. The fourth-order valence-corrected chi connectivity index (χ4v) is 0.581. The SMILES string of the molecule is C[C-](C)C.C[C](C)=[Ti].Cl.Cl.[C-]1=CC=CC1.[c-]1ccc[nH]1. The molecule has 0 radical (unpaired) electrons. The average Bonchev–Trinajstić information content (AvgIpc) is 2.96. The smallest absolute Gasteiger partial charge is 0.108 e. The third-order valence-corrected chi connectivity index (χ3v) is 1.03. The number of nitrogens with one attached hydrogen (secondary N) is 1. The molecule has 1 N–H and O–H groups in total. The van der Waals surface area contributed by atoms with Crippen molar-refractivity contribution in [3.05, 3.63) is 54.7 Å². The average molecular weight is 351 g/mol. The Balaban J connectivity index is -0.0000000833. The van der Waals surface area contributed by atoms with Gasteiger partial charge in [-0.2, -0.15) is 45.2 Å². The Morgan fingerprint density at radius 2 is 1.70 bits per heavy atom. The van der Waals surface area contributed by atoms with Crippen LogP contribution in [-0.4, -0.2) is 8.80 Å². The molecule has 0 spiro atoms. The molecule has 4 heteroatoms. The van der Waals surface area contributed by atoms with Gasteiger partial charge in [0.05, 0.1) is 0 Å². The van der Waals surface area contributed by atoms with E-state index in [1.165, 1.54) is 9.73 Å². The molecular weight excluding hydrogens is 325 g/mol. The zero-order valence-corrected chi connectivity index (χ0v) is 16.2. The molecule has 0 saturated carbocycles. The summed E-state index contributed by atoms with van der Waals surface area (Å²) >= 11 is 2.08. The normalized spacial score (nSPS) is 9.45. The minimum Gasteiger partial charge on any atom is -0.484 e. The molecular formula is C16H26Cl2NTi-3. The van der Waals surface area contributed by atoms with Crippen molar-refractivity contribution in [2.75, 3.05) is 0 Å². The monoisotopic (exact) mass is 350 g/mol. The van der Waals surface area contributed by atoms with Crippen LogP contribution in [0.3, 0.4) is 0 Å². The van der Waals surface area contributed by atoms with E-state index in [-0.39, 0.29) is 24.8 Å². The molecule has 116 valence electrons. The summed E-state index contributed by atoms with van der Waals surface area (Å²) in [6.45, 7) is 10.4. The fraction of sp³-hybridized carbons (Fsp3) is 0.375. The minimum atomic E-state index is 0. The fourth-order valence-electron chi connectivity index (χ4n) is 0.581. The number of aromatic amines is 1. The molecule has 0 atom stereocenters. The van der Waals surface area contributed by atoms with Gasteiger partial charge >= 0.3 is 37.6 Å². The van der Waals surface area contributed by atoms with Gasteiger partial charge in [-0.3, -0.25) is 6.08 Å². The summed E-state index contributed by atoms with van der Waals surface area (Å²) in [4.78, 5) is 2.74. The van der Waals surface area contributed by atoms with Crippen LogP contribution < -0.4 is 0 Å². The molecule has 1 aliphatic carbocycles. The molecule has 0 amide bonds. The van der Waals surface area contributed by atoms with Crippen LogP contribution in [0.4, 0.5) is 0 Å². The second-order valence-corrected chi connectivity index (χ2v) is 5.88. The van der Waals surface area contributed by atoms with Crippen LogP contribution in [0, 0.1) is 18.2 Å². The van der Waals surface area contributed by atoms with E-state index in [0.717, 1.165) is 6.42 Å². The van der Waals surface area contributed by atoms with E-state index in [1.54, 1.807) is 0 Å². The number of hydrogen-bond acceptors (Lipinski definition) is 0. The molecule has 0 aromatic carbocycles. The third kappa shape index (κ3) is 52.1. The third-order valence-electron chi connectivity index (χ3n) is 1.03. The first-order chi connectivity index (χ1) is 8.46. The van der Waals surface area contributed by atoms with Gasteiger partial charge < -0.3 is 10.9 Å². The number of hydrogen-bond donors (Lipinski definition) is 1. The van der Waals surface area contributed by atoms with Gasteiger partial charge in [0.2, 0.25) is 0 Å². The Bertz CT molecular complexity index is 283. The summed E-state index contributed by atoms with van der Waals surface area (Å²) in [5.41, 5.74) is 0. The van der Waals surface area contributed by atoms with Crippen LogP contribution in [0.15, 0.2) is 36.6 Å². The molecule has 0 bridgehead atoms. The van der Waals surface area contributed by atoms with Crippen LogP contribution in [0.5, 0.6) is 0 Å². The van der Waals surface area contributed by atoms with Gasteiger partial charge in [-0.1, -0.05) is 0 Å². The van der Waals surface area contributed by atoms with Crippen molar-refractivity contribution >= 4 is 28.6 Å². The Kier molecular flexibility index (Phi) is 33.7. The summed E-state index contributed by atoms with van der Waals surface area (Å²) in [5.74, 6) is 1.42. The van der Waals surface area contributed by atoms with Crippen molar-refractivity contribution in [1.82, 2.24) is 4.98 Å². The van der Waals surface area contributed by atoms with Crippen LogP contribution in [0.2, 0.25) is 0 Å². The van der Waals surface area contributed by atoms with Crippen LogP contribution in [-0.2, 0) is 20.0 Å². The zero-order valence-electron chi connectivity index (χ0n) is 13.0. The van der Waals surface area contributed by atoms with Gasteiger partial charge in [-0.25, -0.2) is 12.2 Å². The van der Waals surface area contributed by atoms with Crippen LogP contribution >= 0.6 is 24.8 Å². The first-order valence-corrected chi connectivity index (χ1v) is 6.74. The Labute approximate surface area is 149 Å². The summed E-state index contributed by atoms with van der Waals surface area (Å²) < 4.78 is 1.42. The van der Waals surface area contributed by atoms with Gasteiger partial charge in [0.1, 0.15) is 0 Å². The van der Waals surface area contributed by atoms with Crippen molar-refractivity contribution in [2.45, 2.75) is 41.0 Å². The maximum atomic E-state index is 2.99. The predicted molar refractivity (Wildman–Crippen MR) is 92.3 cm³/mol. The molecule has 20 heavy (non-hydrogen) atoms. The summed E-state index contributed by atoms with van der Waals surface area (Å²) in [7, 11) is 0. The number of aromatic nitrogens is 1. The van der Waals surface area contributed by atoms with E-state index < -0.39 is 0 Å². The summed E-state index contributed by atoms with van der Waals surface area (Å²) in [6, 6.07) is 3.71. The number of rotatable bonds is 0. The van der Waals surface area contributed by atoms with Crippen molar-refractivity contribution in [3.63, 3.8) is 0 Å². The van der Waals surface area contributed by atoms with Crippen molar-refractivity contribution in [3.8, 4) is 0 Å². The van der Waals surface area contributed by atoms with E-state index in [4.69, 9.17) is 0 Å². The van der Waals surface area contributed by atoms with Crippen molar-refractivity contribution < 1.29 is 20.0 Å². The maximum absolute atomic E-state index is 2.99. The minimum absolute atomic E-state index is 0. The topological polar surface area (TPSA) is 15.8 Å².